The van der Waals surface area contributed by atoms with Gasteiger partial charge in [-0.1, -0.05) is 12.1 Å². The van der Waals surface area contributed by atoms with Crippen molar-refractivity contribution in [2.24, 2.45) is 22.2 Å². The van der Waals surface area contributed by atoms with Crippen molar-refractivity contribution in [3.63, 3.8) is 0 Å². The van der Waals surface area contributed by atoms with Crippen molar-refractivity contribution in [3.8, 4) is 5.75 Å². The van der Waals surface area contributed by atoms with Crippen LogP contribution in [0, 0.1) is 0 Å². The molecule has 7 heteroatoms. The summed E-state index contributed by atoms with van der Waals surface area (Å²) in [6.07, 6.45) is 2.81. The number of benzene rings is 2. The van der Waals surface area contributed by atoms with Gasteiger partial charge in [-0.15, -0.1) is 0 Å². The van der Waals surface area contributed by atoms with Gasteiger partial charge in [0.1, 0.15) is 5.75 Å². The van der Waals surface area contributed by atoms with E-state index in [-0.39, 0.29) is 5.96 Å². The van der Waals surface area contributed by atoms with Crippen LogP contribution in [0.3, 0.4) is 0 Å². The molecule has 0 fully saturated rings. The van der Waals surface area contributed by atoms with Crippen LogP contribution in [-0.4, -0.2) is 17.8 Å². The molecule has 0 saturated carbocycles. The number of amides is 1. The normalized spacial score (nSPS) is 10.3. The van der Waals surface area contributed by atoms with Crippen LogP contribution < -0.4 is 21.9 Å². The molecule has 0 unspecified atom stereocenters. The fourth-order valence-corrected chi connectivity index (χ4v) is 1.81. The lowest BCUT2D eigenvalue weighted by Gasteiger charge is -2.05. The van der Waals surface area contributed by atoms with E-state index in [9.17, 15) is 9.59 Å². The van der Waals surface area contributed by atoms with Gasteiger partial charge in [-0.3, -0.25) is 4.79 Å². The molecule has 1 amide bonds. The van der Waals surface area contributed by atoms with E-state index in [2.05, 4.69) is 4.99 Å². The van der Waals surface area contributed by atoms with Crippen LogP contribution in [-0.2, 0) is 4.79 Å². The van der Waals surface area contributed by atoms with Crippen molar-refractivity contribution >= 4 is 29.6 Å². The minimum absolute atomic E-state index is 0.0594. The van der Waals surface area contributed by atoms with Crippen LogP contribution in [0.25, 0.3) is 6.08 Å². The lowest BCUT2D eigenvalue weighted by Crippen LogP contribution is -2.21. The first-order valence-electron chi connectivity index (χ1n) is 6.93. The average molecular weight is 324 g/mol. The Balaban J connectivity index is 2.04. The molecule has 0 bridgehead atoms. The number of carbonyl (C=O) groups is 2. The first-order chi connectivity index (χ1) is 11.4. The molecule has 0 aromatic heterocycles. The van der Waals surface area contributed by atoms with E-state index in [1.807, 2.05) is 0 Å². The molecular formula is C17H16N4O3. The van der Waals surface area contributed by atoms with Crippen molar-refractivity contribution in [2.75, 3.05) is 0 Å². The summed E-state index contributed by atoms with van der Waals surface area (Å²) < 4.78 is 5.26. The number of hydrogen-bond acceptors (Lipinski definition) is 4. The Labute approximate surface area is 138 Å². The summed E-state index contributed by atoms with van der Waals surface area (Å²) in [4.78, 5) is 26.6. The van der Waals surface area contributed by atoms with Crippen LogP contribution in [0.2, 0.25) is 0 Å². The van der Waals surface area contributed by atoms with Crippen molar-refractivity contribution < 1.29 is 14.3 Å². The first kappa shape index (κ1) is 16.8. The van der Waals surface area contributed by atoms with E-state index >= 15 is 0 Å². The maximum absolute atomic E-state index is 12.1. The summed E-state index contributed by atoms with van der Waals surface area (Å²) in [5.41, 5.74) is 17.2. The van der Waals surface area contributed by atoms with Gasteiger partial charge in [0.2, 0.25) is 5.91 Å². The largest absolute Gasteiger partial charge is 0.423 e. The number of nitrogens with zero attached hydrogens (tertiary/aromatic N) is 1. The third-order valence-electron chi connectivity index (χ3n) is 2.89. The van der Waals surface area contributed by atoms with Gasteiger partial charge in [0, 0.05) is 6.08 Å². The van der Waals surface area contributed by atoms with Gasteiger partial charge in [-0.05, 0) is 48.0 Å². The highest BCUT2D eigenvalue weighted by atomic mass is 16.5. The molecule has 0 spiro atoms. The highest BCUT2D eigenvalue weighted by Crippen LogP contribution is 2.17. The Kier molecular flexibility index (Phi) is 5.30. The van der Waals surface area contributed by atoms with Crippen LogP contribution in [0.5, 0.6) is 5.75 Å². The van der Waals surface area contributed by atoms with Gasteiger partial charge in [0.05, 0.1) is 11.3 Å². The molecule has 0 aliphatic rings. The van der Waals surface area contributed by atoms with Gasteiger partial charge >= 0.3 is 5.97 Å². The fraction of sp³-hybridized carbons (Fsp3) is 0. The smallest absolute Gasteiger partial charge is 0.343 e. The molecular weight excluding hydrogens is 308 g/mol. The molecule has 0 atom stereocenters. The summed E-state index contributed by atoms with van der Waals surface area (Å²) in [5.74, 6) is -0.721. The topological polar surface area (TPSA) is 134 Å². The minimum atomic E-state index is -0.533. The highest BCUT2D eigenvalue weighted by Gasteiger charge is 2.08. The number of nitrogens with two attached hydrogens (primary N) is 3. The SMILES string of the molecule is NC(=O)/C=C/c1ccc(OC(=O)c2ccc(N=C(N)N)cc2)cc1. The molecule has 2 rings (SSSR count). The van der Waals surface area contributed by atoms with E-state index in [1.54, 1.807) is 54.6 Å². The maximum atomic E-state index is 12.1. The number of esters is 1. The van der Waals surface area contributed by atoms with Crippen LogP contribution >= 0.6 is 0 Å². The number of rotatable bonds is 5. The minimum Gasteiger partial charge on any atom is -0.423 e. The van der Waals surface area contributed by atoms with Crippen LogP contribution in [0.4, 0.5) is 5.69 Å². The predicted molar refractivity (Wildman–Crippen MR) is 91.5 cm³/mol. The Morgan fingerprint density at radius 2 is 1.54 bits per heavy atom. The monoisotopic (exact) mass is 324 g/mol. The molecule has 0 radical (unpaired) electrons. The average Bonchev–Trinajstić information content (AvgIpc) is 2.54. The van der Waals surface area contributed by atoms with Gasteiger partial charge in [0.15, 0.2) is 5.96 Å². The quantitative estimate of drug-likeness (QED) is 0.251. The second kappa shape index (κ2) is 7.59. The van der Waals surface area contributed by atoms with Gasteiger partial charge in [0.25, 0.3) is 0 Å². The zero-order chi connectivity index (χ0) is 17.5. The van der Waals surface area contributed by atoms with E-state index < -0.39 is 11.9 Å². The van der Waals surface area contributed by atoms with Crippen molar-refractivity contribution in [3.05, 3.63) is 65.7 Å². The van der Waals surface area contributed by atoms with Crippen molar-refractivity contribution in [1.29, 1.82) is 0 Å². The highest BCUT2D eigenvalue weighted by molar-refractivity contribution is 5.92. The number of hydrogen-bond donors (Lipinski definition) is 3. The standard InChI is InChI=1S/C17H16N4O3/c18-15(22)10-3-11-1-8-14(9-2-11)24-16(23)12-4-6-13(7-5-12)21-17(19)20/h1-10H,(H2,18,22)(H4,19,20,21)/b10-3+. The maximum Gasteiger partial charge on any atom is 0.343 e. The van der Waals surface area contributed by atoms with E-state index in [0.717, 1.165) is 5.56 Å². The molecule has 2 aromatic rings. The third kappa shape index (κ3) is 4.99. The Bertz CT molecular complexity index is 790. The Morgan fingerprint density at radius 3 is 2.08 bits per heavy atom. The molecule has 2 aromatic carbocycles. The van der Waals surface area contributed by atoms with Gasteiger partial charge in [-0.2, -0.15) is 0 Å². The summed E-state index contributed by atoms with van der Waals surface area (Å²) >= 11 is 0. The fourth-order valence-electron chi connectivity index (χ4n) is 1.81. The van der Waals surface area contributed by atoms with E-state index in [1.165, 1.54) is 6.08 Å². The number of aliphatic imine (C=N–C) groups is 1. The molecule has 24 heavy (non-hydrogen) atoms. The molecule has 0 aliphatic heterocycles. The Morgan fingerprint density at radius 1 is 0.917 bits per heavy atom. The second-order valence-corrected chi connectivity index (χ2v) is 4.78. The molecule has 0 aliphatic carbocycles. The Hall–Kier alpha value is -3.61. The van der Waals surface area contributed by atoms with Crippen LogP contribution in [0.1, 0.15) is 15.9 Å². The molecule has 0 heterocycles. The predicted octanol–water partition coefficient (Wildman–Crippen LogP) is 1.31. The van der Waals surface area contributed by atoms with Crippen LogP contribution in [0.15, 0.2) is 59.6 Å². The number of guanidine groups is 1. The summed E-state index contributed by atoms with van der Waals surface area (Å²) in [7, 11) is 0. The van der Waals surface area contributed by atoms with Gasteiger partial charge < -0.3 is 21.9 Å². The number of primary amides is 1. The summed E-state index contributed by atoms with van der Waals surface area (Å²) in [5, 5.41) is 0. The molecule has 6 N–H and O–H groups in total. The lowest BCUT2D eigenvalue weighted by molar-refractivity contribution is -0.113. The third-order valence-corrected chi connectivity index (χ3v) is 2.89. The second-order valence-electron chi connectivity index (χ2n) is 4.78. The van der Waals surface area contributed by atoms with Crippen molar-refractivity contribution in [1.82, 2.24) is 0 Å². The molecule has 7 nitrogen and oxygen atoms in total. The zero-order valence-corrected chi connectivity index (χ0v) is 12.7. The first-order valence-corrected chi connectivity index (χ1v) is 6.93. The zero-order valence-electron chi connectivity index (χ0n) is 12.7. The number of carbonyl (C=O) groups excluding carboxylic acids is 2. The molecule has 0 saturated heterocycles. The summed E-state index contributed by atoms with van der Waals surface area (Å²) in [6.45, 7) is 0. The lowest BCUT2D eigenvalue weighted by atomic mass is 10.2. The van der Waals surface area contributed by atoms with E-state index in [4.69, 9.17) is 21.9 Å². The number of ether oxygens (including phenoxy) is 1. The van der Waals surface area contributed by atoms with E-state index in [0.29, 0.717) is 17.0 Å². The summed E-state index contributed by atoms with van der Waals surface area (Å²) in [6, 6.07) is 13.0. The van der Waals surface area contributed by atoms with Gasteiger partial charge in [-0.25, -0.2) is 9.79 Å². The molecule has 122 valence electrons. The van der Waals surface area contributed by atoms with Crippen molar-refractivity contribution in [2.45, 2.75) is 0 Å².